The highest BCUT2D eigenvalue weighted by Gasteiger charge is 2.22. The Hall–Kier alpha value is -3.41. The van der Waals surface area contributed by atoms with Crippen LogP contribution >= 0.6 is 11.6 Å². The summed E-state index contributed by atoms with van der Waals surface area (Å²) >= 11 is 6.30. The maximum absolute atomic E-state index is 13.1. The van der Waals surface area contributed by atoms with E-state index < -0.39 is 0 Å². The van der Waals surface area contributed by atoms with Crippen molar-refractivity contribution in [3.05, 3.63) is 58.8 Å². The Morgan fingerprint density at radius 2 is 2.05 bits per heavy atom. The van der Waals surface area contributed by atoms with Gasteiger partial charge in [0.2, 0.25) is 5.95 Å². The molecule has 11 nitrogen and oxygen atoms in total. The lowest BCUT2D eigenvalue weighted by Gasteiger charge is -2.28. The molecule has 4 heterocycles. The molecule has 0 radical (unpaired) electrons. The van der Waals surface area contributed by atoms with Crippen LogP contribution in [0.25, 0.3) is 0 Å². The van der Waals surface area contributed by atoms with Crippen molar-refractivity contribution in [3.8, 4) is 5.75 Å². The number of methoxy groups -OCH3 is 1. The van der Waals surface area contributed by atoms with Crippen molar-refractivity contribution in [1.29, 1.82) is 0 Å². The van der Waals surface area contributed by atoms with E-state index in [0.29, 0.717) is 47.7 Å². The van der Waals surface area contributed by atoms with Crippen LogP contribution in [0.15, 0.2) is 36.8 Å². The molecule has 5 rings (SSSR count). The van der Waals surface area contributed by atoms with E-state index in [2.05, 4.69) is 35.0 Å². The number of hydrogen-bond donors (Lipinski definition) is 2. The predicted octanol–water partition coefficient (Wildman–Crippen LogP) is 2.03. The summed E-state index contributed by atoms with van der Waals surface area (Å²) in [6.07, 6.45) is 5.37. The van der Waals surface area contributed by atoms with E-state index in [9.17, 15) is 4.79 Å². The first-order chi connectivity index (χ1) is 18.1. The number of halogens is 1. The zero-order valence-electron chi connectivity index (χ0n) is 20.8. The Bertz CT molecular complexity index is 1230. The highest BCUT2D eigenvalue weighted by Crippen LogP contribution is 2.26. The summed E-state index contributed by atoms with van der Waals surface area (Å²) in [4.78, 5) is 31.2. The van der Waals surface area contributed by atoms with Gasteiger partial charge in [0.05, 0.1) is 31.9 Å². The smallest absolute Gasteiger partial charge is 0.256 e. The lowest BCUT2D eigenvalue weighted by atomic mass is 10.2. The molecule has 1 aromatic carbocycles. The summed E-state index contributed by atoms with van der Waals surface area (Å²) in [7, 11) is 1.58. The monoisotopic (exact) mass is 526 g/mol. The van der Waals surface area contributed by atoms with Crippen molar-refractivity contribution in [3.63, 3.8) is 0 Å². The fourth-order valence-electron chi connectivity index (χ4n) is 4.42. The van der Waals surface area contributed by atoms with Crippen molar-refractivity contribution in [2.75, 3.05) is 63.3 Å². The lowest BCUT2D eigenvalue weighted by molar-refractivity contribution is 0.0383. The van der Waals surface area contributed by atoms with E-state index in [1.54, 1.807) is 19.5 Å². The number of nitrogens with one attached hydrogen (secondary N) is 2. The fourth-order valence-corrected chi connectivity index (χ4v) is 4.70. The molecular formula is C25H31ClN8O3. The molecule has 1 fully saturated rings. The van der Waals surface area contributed by atoms with E-state index in [-0.39, 0.29) is 5.91 Å². The number of rotatable bonds is 9. The molecule has 0 atom stereocenters. The summed E-state index contributed by atoms with van der Waals surface area (Å²) < 4.78 is 12.8. The van der Waals surface area contributed by atoms with E-state index in [4.69, 9.17) is 26.1 Å². The zero-order valence-corrected chi connectivity index (χ0v) is 21.6. The van der Waals surface area contributed by atoms with E-state index >= 15 is 0 Å². The Morgan fingerprint density at radius 3 is 2.86 bits per heavy atom. The largest absolute Gasteiger partial charge is 0.495 e. The number of amides is 1. The number of anilines is 2. The number of imidazole rings is 1. The van der Waals surface area contributed by atoms with E-state index in [1.807, 2.05) is 24.4 Å². The topological polar surface area (TPSA) is 110 Å². The average Bonchev–Trinajstić information content (AvgIpc) is 3.40. The molecule has 0 spiro atoms. The third-order valence-corrected chi connectivity index (χ3v) is 6.84. The second-order valence-corrected chi connectivity index (χ2v) is 9.33. The SMILES string of the molecule is COc1ccc(CNc2nc(N3CCn4ccnc4C3)ncc2C(=O)NCCN2CCOCC2)cc1Cl. The second-order valence-electron chi connectivity index (χ2n) is 8.92. The number of fused-ring (bicyclic) bond motifs is 1. The van der Waals surface area contributed by atoms with Gasteiger partial charge in [0.1, 0.15) is 23.0 Å². The number of hydrogen-bond acceptors (Lipinski definition) is 9. The maximum Gasteiger partial charge on any atom is 0.256 e. The third-order valence-electron chi connectivity index (χ3n) is 6.54. The van der Waals surface area contributed by atoms with Gasteiger partial charge in [-0.1, -0.05) is 17.7 Å². The van der Waals surface area contributed by atoms with Gasteiger partial charge in [-0.2, -0.15) is 4.98 Å². The molecule has 1 amide bonds. The first kappa shape index (κ1) is 25.2. The van der Waals surface area contributed by atoms with Crippen LogP contribution in [0.3, 0.4) is 0 Å². The number of carbonyl (C=O) groups is 1. The van der Waals surface area contributed by atoms with Gasteiger partial charge < -0.3 is 29.6 Å². The van der Waals surface area contributed by atoms with Crippen molar-refractivity contribution in [2.45, 2.75) is 19.6 Å². The Balaban J connectivity index is 1.31. The highest BCUT2D eigenvalue weighted by molar-refractivity contribution is 6.32. The molecule has 0 aliphatic carbocycles. The molecule has 3 aromatic rings. The minimum absolute atomic E-state index is 0.218. The van der Waals surface area contributed by atoms with E-state index in [0.717, 1.165) is 57.3 Å². The summed E-state index contributed by atoms with van der Waals surface area (Å²) in [6, 6.07) is 5.58. The lowest BCUT2D eigenvalue weighted by Crippen LogP contribution is -2.41. The number of ether oxygens (including phenoxy) is 2. The number of morpholine rings is 1. The Kier molecular flexibility index (Phi) is 8.02. The van der Waals surface area contributed by atoms with Crippen LogP contribution in [0.2, 0.25) is 5.02 Å². The first-order valence-corrected chi connectivity index (χ1v) is 12.7. The van der Waals surface area contributed by atoms with Crippen LogP contribution in [0, 0.1) is 0 Å². The molecular weight excluding hydrogens is 496 g/mol. The van der Waals surface area contributed by atoms with Crippen LogP contribution < -0.4 is 20.3 Å². The minimum atomic E-state index is -0.218. The van der Waals surface area contributed by atoms with Crippen LogP contribution in [-0.4, -0.2) is 83.4 Å². The number of aromatic nitrogens is 4. The molecule has 2 aliphatic heterocycles. The summed E-state index contributed by atoms with van der Waals surface area (Å²) in [5.41, 5.74) is 1.33. The van der Waals surface area contributed by atoms with E-state index in [1.165, 1.54) is 0 Å². The van der Waals surface area contributed by atoms with Gasteiger partial charge in [0.15, 0.2) is 0 Å². The van der Waals surface area contributed by atoms with Gasteiger partial charge in [0.25, 0.3) is 5.91 Å². The van der Waals surface area contributed by atoms with Crippen LogP contribution in [0.5, 0.6) is 5.75 Å². The molecule has 2 aliphatic rings. The summed E-state index contributed by atoms with van der Waals surface area (Å²) in [5.74, 6) is 2.37. The molecule has 0 saturated carbocycles. The van der Waals surface area contributed by atoms with Crippen LogP contribution in [-0.2, 0) is 24.4 Å². The van der Waals surface area contributed by atoms with Crippen molar-refractivity contribution in [1.82, 2.24) is 29.7 Å². The van der Waals surface area contributed by atoms with Crippen LogP contribution in [0.1, 0.15) is 21.7 Å². The van der Waals surface area contributed by atoms with Gasteiger partial charge >= 0.3 is 0 Å². The molecule has 196 valence electrons. The molecule has 0 bridgehead atoms. The van der Waals surface area contributed by atoms with Gasteiger partial charge in [-0.15, -0.1) is 0 Å². The molecule has 2 aromatic heterocycles. The minimum Gasteiger partial charge on any atom is -0.495 e. The summed E-state index contributed by atoms with van der Waals surface area (Å²) in [6.45, 7) is 7.08. The zero-order chi connectivity index (χ0) is 25.6. The molecule has 37 heavy (non-hydrogen) atoms. The van der Waals surface area contributed by atoms with Crippen molar-refractivity contribution in [2.24, 2.45) is 0 Å². The Labute approximate surface area is 220 Å². The second kappa shape index (κ2) is 11.8. The van der Waals surface area contributed by atoms with Gasteiger partial charge in [0, 0.05) is 64.4 Å². The van der Waals surface area contributed by atoms with Gasteiger partial charge in [-0.25, -0.2) is 9.97 Å². The number of carbonyl (C=O) groups excluding carboxylic acids is 1. The molecule has 1 saturated heterocycles. The highest BCUT2D eigenvalue weighted by atomic mass is 35.5. The van der Waals surface area contributed by atoms with Crippen molar-refractivity contribution >= 4 is 29.3 Å². The summed E-state index contributed by atoms with van der Waals surface area (Å²) in [5, 5.41) is 6.86. The predicted molar refractivity (Wildman–Crippen MR) is 140 cm³/mol. The first-order valence-electron chi connectivity index (χ1n) is 12.4. The third kappa shape index (κ3) is 6.12. The maximum atomic E-state index is 13.1. The van der Waals surface area contributed by atoms with Crippen molar-refractivity contribution < 1.29 is 14.3 Å². The molecule has 0 unspecified atom stereocenters. The van der Waals surface area contributed by atoms with Gasteiger partial charge in [-0.05, 0) is 17.7 Å². The number of nitrogens with zero attached hydrogens (tertiary/aromatic N) is 6. The Morgan fingerprint density at radius 1 is 1.19 bits per heavy atom. The van der Waals surface area contributed by atoms with Gasteiger partial charge in [-0.3, -0.25) is 9.69 Å². The average molecular weight is 527 g/mol. The molecule has 2 N–H and O–H groups in total. The standard InChI is InChI=1S/C25H31ClN8O3/c1-36-21-3-2-18(14-20(21)26)15-29-23-19(24(35)28-4-6-32-10-12-37-13-11-32)16-30-25(31-23)34-9-8-33-7-5-27-22(33)17-34/h2-3,5,7,14,16H,4,6,8-13,15,17H2,1H3,(H,28,35)(H,29,30,31). The fraction of sp³-hybridized carbons (Fsp3) is 0.440. The number of benzene rings is 1. The van der Waals surface area contributed by atoms with Crippen LogP contribution in [0.4, 0.5) is 11.8 Å². The molecule has 12 heteroatoms. The normalized spacial score (nSPS) is 15.8. The quantitative estimate of drug-likeness (QED) is 0.432.